The molecule has 1 N–H and O–H groups in total. The van der Waals surface area contributed by atoms with Gasteiger partial charge in [0.05, 0.1) is 5.92 Å². The summed E-state index contributed by atoms with van der Waals surface area (Å²) in [7, 11) is 0. The van der Waals surface area contributed by atoms with E-state index < -0.39 is 5.97 Å². The minimum absolute atomic E-state index is 0.0127. The first kappa shape index (κ1) is 6.20. The molecule has 10 heavy (non-hydrogen) atoms. The number of carbonyl (C=O) groups is 1. The molecule has 0 heterocycles. The summed E-state index contributed by atoms with van der Waals surface area (Å²) in [6, 6.07) is 0. The predicted octanol–water partition coefficient (Wildman–Crippen LogP) is 1.51. The van der Waals surface area contributed by atoms with Crippen LogP contribution in [0.25, 0.3) is 0 Å². The first-order chi connectivity index (χ1) is 4.77. The van der Waals surface area contributed by atoms with Gasteiger partial charge in [-0.1, -0.05) is 6.42 Å². The Balaban J connectivity index is 2.08. The molecule has 2 aliphatic carbocycles. The van der Waals surface area contributed by atoms with Crippen molar-refractivity contribution in [3.63, 3.8) is 0 Å². The lowest BCUT2D eigenvalue weighted by molar-refractivity contribution is -0.143. The molecule has 2 fully saturated rings. The molecule has 0 amide bonds. The van der Waals surface area contributed by atoms with Crippen LogP contribution in [0.3, 0.4) is 0 Å². The van der Waals surface area contributed by atoms with Crippen LogP contribution in [0.2, 0.25) is 0 Å². The molecular weight excluding hydrogens is 128 g/mol. The summed E-state index contributed by atoms with van der Waals surface area (Å²) in [5.41, 5.74) is 0. The number of fused-ring (bicyclic) bond motifs is 2. The SMILES string of the molecule is O=C(O)[C@@H]1C[C@H]2CC[C@H]1C2. The zero-order valence-corrected chi connectivity index (χ0v) is 5.92. The summed E-state index contributed by atoms with van der Waals surface area (Å²) >= 11 is 0. The third-order valence-corrected chi connectivity index (χ3v) is 3.06. The van der Waals surface area contributed by atoms with Crippen molar-refractivity contribution < 1.29 is 9.90 Å². The van der Waals surface area contributed by atoms with E-state index in [1.807, 2.05) is 0 Å². The first-order valence-electron chi connectivity index (χ1n) is 4.00. The van der Waals surface area contributed by atoms with Crippen LogP contribution in [0.5, 0.6) is 0 Å². The van der Waals surface area contributed by atoms with Crippen LogP contribution in [-0.2, 0) is 4.79 Å². The van der Waals surface area contributed by atoms with E-state index in [9.17, 15) is 4.79 Å². The van der Waals surface area contributed by atoms with Crippen LogP contribution in [0.15, 0.2) is 0 Å². The Morgan fingerprint density at radius 1 is 1.30 bits per heavy atom. The van der Waals surface area contributed by atoms with Crippen LogP contribution in [0.1, 0.15) is 25.7 Å². The zero-order valence-electron chi connectivity index (χ0n) is 5.92. The minimum atomic E-state index is -0.563. The largest absolute Gasteiger partial charge is 0.481 e. The first-order valence-corrected chi connectivity index (χ1v) is 4.00. The summed E-state index contributed by atoms with van der Waals surface area (Å²) < 4.78 is 0. The van der Waals surface area contributed by atoms with E-state index in [1.54, 1.807) is 0 Å². The molecule has 0 aromatic carbocycles. The fourth-order valence-corrected chi connectivity index (χ4v) is 2.55. The van der Waals surface area contributed by atoms with Crippen LogP contribution in [0, 0.1) is 17.8 Å². The molecule has 2 saturated carbocycles. The maximum Gasteiger partial charge on any atom is 0.306 e. The van der Waals surface area contributed by atoms with Gasteiger partial charge in [-0.15, -0.1) is 0 Å². The molecule has 0 aromatic heterocycles. The molecule has 2 rings (SSSR count). The van der Waals surface area contributed by atoms with Gasteiger partial charge in [-0.25, -0.2) is 0 Å². The van der Waals surface area contributed by atoms with Crippen LogP contribution < -0.4 is 0 Å². The van der Waals surface area contributed by atoms with Gasteiger partial charge in [0.1, 0.15) is 0 Å². The normalized spacial score (nSPS) is 44.2. The third kappa shape index (κ3) is 0.746. The molecule has 0 spiro atoms. The highest BCUT2D eigenvalue weighted by Gasteiger charge is 2.42. The van der Waals surface area contributed by atoms with Gasteiger partial charge in [-0.05, 0) is 31.1 Å². The molecule has 0 aliphatic heterocycles. The Kier molecular flexibility index (Phi) is 1.22. The number of aliphatic carboxylic acids is 1. The van der Waals surface area contributed by atoms with Crippen molar-refractivity contribution in [3.8, 4) is 0 Å². The highest BCUT2D eigenvalue weighted by Crippen LogP contribution is 2.48. The van der Waals surface area contributed by atoms with Crippen molar-refractivity contribution in [2.75, 3.05) is 0 Å². The standard InChI is InChI=1S/C8H12O2/c9-8(10)7-4-5-1-2-6(7)3-5/h5-7H,1-4H2,(H,9,10)/t5-,6-,7+/m0/s1. The molecule has 0 radical (unpaired) electrons. The lowest BCUT2D eigenvalue weighted by atomic mass is 9.89. The highest BCUT2D eigenvalue weighted by molar-refractivity contribution is 5.71. The molecule has 0 aromatic rings. The van der Waals surface area contributed by atoms with Crippen molar-refractivity contribution >= 4 is 5.97 Å². The molecule has 2 bridgehead atoms. The Morgan fingerprint density at radius 2 is 2.10 bits per heavy atom. The van der Waals surface area contributed by atoms with E-state index in [1.165, 1.54) is 19.3 Å². The number of rotatable bonds is 1. The number of carboxylic acid groups (broad SMARTS) is 1. The van der Waals surface area contributed by atoms with Gasteiger partial charge in [0.2, 0.25) is 0 Å². The summed E-state index contributed by atoms with van der Waals surface area (Å²) in [6.45, 7) is 0. The van der Waals surface area contributed by atoms with Gasteiger partial charge in [0, 0.05) is 0 Å². The van der Waals surface area contributed by atoms with Crippen molar-refractivity contribution in [2.24, 2.45) is 17.8 Å². The Morgan fingerprint density at radius 3 is 2.40 bits per heavy atom. The number of hydrogen-bond acceptors (Lipinski definition) is 1. The molecular formula is C8H12O2. The minimum Gasteiger partial charge on any atom is -0.481 e. The smallest absolute Gasteiger partial charge is 0.306 e. The lowest BCUT2D eigenvalue weighted by Gasteiger charge is -2.16. The van der Waals surface area contributed by atoms with Gasteiger partial charge in [0.25, 0.3) is 0 Å². The van der Waals surface area contributed by atoms with E-state index in [4.69, 9.17) is 5.11 Å². The second-order valence-electron chi connectivity index (χ2n) is 3.62. The molecule has 0 saturated heterocycles. The van der Waals surface area contributed by atoms with Crippen LogP contribution in [0.4, 0.5) is 0 Å². The highest BCUT2D eigenvalue weighted by atomic mass is 16.4. The van der Waals surface area contributed by atoms with Gasteiger partial charge in [-0.3, -0.25) is 4.79 Å². The summed E-state index contributed by atoms with van der Waals surface area (Å²) in [4.78, 5) is 10.6. The molecule has 0 unspecified atom stereocenters. The average Bonchev–Trinajstić information content (AvgIpc) is 2.44. The van der Waals surface area contributed by atoms with E-state index in [2.05, 4.69) is 0 Å². The maximum atomic E-state index is 10.6. The van der Waals surface area contributed by atoms with E-state index in [0.29, 0.717) is 5.92 Å². The quantitative estimate of drug-likeness (QED) is 0.599. The molecule has 3 atom stereocenters. The van der Waals surface area contributed by atoms with E-state index in [-0.39, 0.29) is 5.92 Å². The lowest BCUT2D eigenvalue weighted by Crippen LogP contribution is -2.19. The average molecular weight is 140 g/mol. The molecule has 2 aliphatic rings. The van der Waals surface area contributed by atoms with Crippen LogP contribution >= 0.6 is 0 Å². The van der Waals surface area contributed by atoms with Crippen molar-refractivity contribution in [1.29, 1.82) is 0 Å². The number of carboxylic acids is 1. The summed E-state index contributed by atoms with van der Waals surface area (Å²) in [5.74, 6) is 0.736. The Hall–Kier alpha value is -0.530. The summed E-state index contributed by atoms with van der Waals surface area (Å²) in [5, 5.41) is 8.74. The molecule has 2 heteroatoms. The number of hydrogen-bond donors (Lipinski definition) is 1. The zero-order chi connectivity index (χ0) is 7.14. The van der Waals surface area contributed by atoms with Gasteiger partial charge >= 0.3 is 5.97 Å². The molecule has 2 nitrogen and oxygen atoms in total. The second kappa shape index (κ2) is 1.97. The summed E-state index contributed by atoms with van der Waals surface area (Å²) in [6.07, 6.45) is 4.60. The Bertz CT molecular complexity index is 165. The topological polar surface area (TPSA) is 37.3 Å². The van der Waals surface area contributed by atoms with E-state index in [0.717, 1.165) is 12.3 Å². The van der Waals surface area contributed by atoms with Gasteiger partial charge in [-0.2, -0.15) is 0 Å². The molecule has 56 valence electrons. The van der Waals surface area contributed by atoms with Crippen molar-refractivity contribution in [2.45, 2.75) is 25.7 Å². The van der Waals surface area contributed by atoms with E-state index >= 15 is 0 Å². The van der Waals surface area contributed by atoms with Gasteiger partial charge < -0.3 is 5.11 Å². The second-order valence-corrected chi connectivity index (χ2v) is 3.62. The maximum absolute atomic E-state index is 10.6. The monoisotopic (exact) mass is 140 g/mol. The van der Waals surface area contributed by atoms with Gasteiger partial charge in [0.15, 0.2) is 0 Å². The third-order valence-electron chi connectivity index (χ3n) is 3.06. The Labute approximate surface area is 60.2 Å². The fourth-order valence-electron chi connectivity index (χ4n) is 2.55. The van der Waals surface area contributed by atoms with Crippen molar-refractivity contribution in [3.05, 3.63) is 0 Å². The fraction of sp³-hybridized carbons (Fsp3) is 0.875. The van der Waals surface area contributed by atoms with Crippen molar-refractivity contribution in [1.82, 2.24) is 0 Å². The predicted molar refractivity (Wildman–Crippen MR) is 36.6 cm³/mol. The van der Waals surface area contributed by atoms with Crippen LogP contribution in [-0.4, -0.2) is 11.1 Å².